The summed E-state index contributed by atoms with van der Waals surface area (Å²) in [5, 5.41) is 15.3. The number of fused-ring (bicyclic) bond motifs is 1. The molecule has 0 unspecified atom stereocenters. The van der Waals surface area contributed by atoms with Crippen LogP contribution in [0, 0.1) is 24.1 Å². The average molecular weight is 316 g/mol. The van der Waals surface area contributed by atoms with Crippen molar-refractivity contribution >= 4 is 43.6 Å². The zero-order valence-electron chi connectivity index (χ0n) is 10.9. The molecule has 2 aromatic heterocycles. The molecular weight excluding hydrogens is 307 g/mol. The number of hydrogen-bond acceptors (Lipinski definition) is 6. The van der Waals surface area contributed by atoms with Gasteiger partial charge in [0.1, 0.15) is 22.5 Å². The SMILES string of the molecule is Cc1csc(/C(C#N)=C/Nc2nc3ccc(F)cc3s2)n1. The van der Waals surface area contributed by atoms with E-state index in [9.17, 15) is 9.65 Å². The molecule has 0 fully saturated rings. The van der Waals surface area contributed by atoms with E-state index in [-0.39, 0.29) is 5.82 Å². The third kappa shape index (κ3) is 2.91. The Hall–Kier alpha value is -2.30. The number of rotatable bonds is 3. The van der Waals surface area contributed by atoms with E-state index in [0.29, 0.717) is 15.7 Å². The summed E-state index contributed by atoms with van der Waals surface area (Å²) in [6, 6.07) is 6.56. The molecule has 0 saturated carbocycles. The van der Waals surface area contributed by atoms with Gasteiger partial charge in [0.15, 0.2) is 5.13 Å². The molecule has 1 N–H and O–H groups in total. The molecule has 0 saturated heterocycles. The van der Waals surface area contributed by atoms with Gasteiger partial charge >= 0.3 is 0 Å². The standard InChI is InChI=1S/C14H9FN4S2/c1-8-7-20-13(18-8)9(5-16)6-17-14-19-11-3-2-10(15)4-12(11)21-14/h2-4,6-7H,1H3,(H,17,19)/b9-6+. The van der Waals surface area contributed by atoms with Crippen molar-refractivity contribution in [3.8, 4) is 6.07 Å². The zero-order chi connectivity index (χ0) is 14.8. The highest BCUT2D eigenvalue weighted by molar-refractivity contribution is 7.22. The highest BCUT2D eigenvalue weighted by Gasteiger charge is 2.07. The number of aromatic nitrogens is 2. The summed E-state index contributed by atoms with van der Waals surface area (Å²) in [4.78, 5) is 8.60. The Balaban J connectivity index is 1.87. The second-order valence-electron chi connectivity index (χ2n) is 4.24. The Morgan fingerprint density at radius 2 is 2.29 bits per heavy atom. The summed E-state index contributed by atoms with van der Waals surface area (Å²) in [5.41, 5.74) is 2.05. The van der Waals surface area contributed by atoms with Crippen LogP contribution in [0.1, 0.15) is 10.7 Å². The summed E-state index contributed by atoms with van der Waals surface area (Å²) >= 11 is 2.75. The maximum atomic E-state index is 13.1. The van der Waals surface area contributed by atoms with E-state index >= 15 is 0 Å². The van der Waals surface area contributed by atoms with Crippen LogP contribution in [-0.4, -0.2) is 9.97 Å². The fourth-order valence-electron chi connectivity index (χ4n) is 1.71. The first-order chi connectivity index (χ1) is 10.2. The van der Waals surface area contributed by atoms with Gasteiger partial charge < -0.3 is 5.32 Å². The summed E-state index contributed by atoms with van der Waals surface area (Å²) in [6.07, 6.45) is 1.58. The number of nitrogens with zero attached hydrogens (tertiary/aromatic N) is 3. The molecule has 3 aromatic rings. The molecule has 7 heteroatoms. The van der Waals surface area contributed by atoms with Crippen molar-refractivity contribution in [1.29, 1.82) is 5.26 Å². The van der Waals surface area contributed by atoms with Crippen LogP contribution < -0.4 is 5.32 Å². The van der Waals surface area contributed by atoms with Crippen LogP contribution in [0.3, 0.4) is 0 Å². The van der Waals surface area contributed by atoms with Gasteiger partial charge in [-0.2, -0.15) is 5.26 Å². The first-order valence-corrected chi connectivity index (χ1v) is 7.71. The zero-order valence-corrected chi connectivity index (χ0v) is 12.6. The number of allylic oxidation sites excluding steroid dienone is 1. The summed E-state index contributed by atoms with van der Waals surface area (Å²) in [5.74, 6) is -0.288. The Labute approximate surface area is 128 Å². The lowest BCUT2D eigenvalue weighted by molar-refractivity contribution is 0.630. The van der Waals surface area contributed by atoms with Gasteiger partial charge in [0.2, 0.25) is 0 Å². The van der Waals surface area contributed by atoms with Crippen LogP contribution in [-0.2, 0) is 0 Å². The van der Waals surface area contributed by atoms with Crippen molar-refractivity contribution in [1.82, 2.24) is 9.97 Å². The van der Waals surface area contributed by atoms with Crippen LogP contribution in [0.4, 0.5) is 9.52 Å². The van der Waals surface area contributed by atoms with Gasteiger partial charge in [0.25, 0.3) is 0 Å². The number of hydrogen-bond donors (Lipinski definition) is 1. The normalized spacial score (nSPS) is 11.6. The van der Waals surface area contributed by atoms with Crippen molar-refractivity contribution in [2.24, 2.45) is 0 Å². The maximum Gasteiger partial charge on any atom is 0.187 e. The number of benzene rings is 1. The van der Waals surface area contributed by atoms with Crippen molar-refractivity contribution < 1.29 is 4.39 Å². The highest BCUT2D eigenvalue weighted by atomic mass is 32.1. The predicted octanol–water partition coefficient (Wildman–Crippen LogP) is 4.18. The fourth-order valence-corrected chi connectivity index (χ4v) is 3.34. The maximum absolute atomic E-state index is 13.1. The van der Waals surface area contributed by atoms with Gasteiger partial charge in [-0.3, -0.25) is 0 Å². The number of thiazole rings is 2. The molecular formula is C14H9FN4S2. The molecule has 2 heterocycles. The first kappa shape index (κ1) is 13.7. The minimum atomic E-state index is -0.288. The third-order valence-corrected chi connectivity index (χ3v) is 4.60. The molecule has 0 radical (unpaired) electrons. The van der Waals surface area contributed by atoms with Gasteiger partial charge in [-0.25, -0.2) is 14.4 Å². The molecule has 0 aliphatic carbocycles. The second-order valence-corrected chi connectivity index (χ2v) is 6.13. The fraction of sp³-hybridized carbons (Fsp3) is 0.0714. The van der Waals surface area contributed by atoms with E-state index in [4.69, 9.17) is 0 Å². The van der Waals surface area contributed by atoms with Gasteiger partial charge in [0.05, 0.1) is 10.2 Å². The number of aryl methyl sites for hydroxylation is 1. The lowest BCUT2D eigenvalue weighted by Gasteiger charge is -1.95. The van der Waals surface area contributed by atoms with Gasteiger partial charge in [0, 0.05) is 17.3 Å². The Kier molecular flexibility index (Phi) is 3.64. The molecule has 0 spiro atoms. The lowest BCUT2D eigenvalue weighted by Crippen LogP contribution is -1.90. The molecule has 0 bridgehead atoms. The van der Waals surface area contributed by atoms with Crippen LogP contribution in [0.25, 0.3) is 15.8 Å². The van der Waals surface area contributed by atoms with Crippen LogP contribution in [0.15, 0.2) is 29.8 Å². The number of anilines is 1. The summed E-state index contributed by atoms with van der Waals surface area (Å²) in [6.45, 7) is 1.88. The molecule has 0 aliphatic heterocycles. The summed E-state index contributed by atoms with van der Waals surface area (Å²) in [7, 11) is 0. The van der Waals surface area contributed by atoms with Crippen molar-refractivity contribution in [3.63, 3.8) is 0 Å². The molecule has 104 valence electrons. The lowest BCUT2D eigenvalue weighted by atomic mass is 10.3. The van der Waals surface area contributed by atoms with Gasteiger partial charge in [-0.1, -0.05) is 11.3 Å². The van der Waals surface area contributed by atoms with Crippen LogP contribution in [0.2, 0.25) is 0 Å². The molecule has 3 rings (SSSR count). The first-order valence-electron chi connectivity index (χ1n) is 6.01. The Morgan fingerprint density at radius 1 is 1.43 bits per heavy atom. The number of nitriles is 1. The van der Waals surface area contributed by atoms with Crippen LogP contribution >= 0.6 is 22.7 Å². The Morgan fingerprint density at radius 3 is 3.00 bits per heavy atom. The van der Waals surface area contributed by atoms with E-state index in [1.54, 1.807) is 12.3 Å². The molecule has 0 atom stereocenters. The van der Waals surface area contributed by atoms with Gasteiger partial charge in [-0.15, -0.1) is 11.3 Å². The largest absolute Gasteiger partial charge is 0.337 e. The summed E-state index contributed by atoms with van der Waals surface area (Å²) < 4.78 is 13.9. The highest BCUT2D eigenvalue weighted by Crippen LogP contribution is 2.27. The quantitative estimate of drug-likeness (QED) is 0.736. The molecule has 0 aliphatic rings. The monoisotopic (exact) mass is 316 g/mol. The average Bonchev–Trinajstić information content (AvgIpc) is 3.05. The minimum Gasteiger partial charge on any atom is -0.337 e. The molecule has 4 nitrogen and oxygen atoms in total. The predicted molar refractivity (Wildman–Crippen MR) is 83.6 cm³/mol. The van der Waals surface area contributed by atoms with Crippen LogP contribution in [0.5, 0.6) is 0 Å². The molecule has 21 heavy (non-hydrogen) atoms. The topological polar surface area (TPSA) is 61.6 Å². The van der Waals surface area contributed by atoms with E-state index in [1.807, 2.05) is 12.3 Å². The smallest absolute Gasteiger partial charge is 0.187 e. The van der Waals surface area contributed by atoms with E-state index < -0.39 is 0 Å². The number of halogens is 1. The third-order valence-electron chi connectivity index (χ3n) is 2.66. The number of nitrogens with one attached hydrogen (secondary N) is 1. The van der Waals surface area contributed by atoms with E-state index in [2.05, 4.69) is 21.4 Å². The van der Waals surface area contributed by atoms with Crippen molar-refractivity contribution in [2.45, 2.75) is 6.92 Å². The van der Waals surface area contributed by atoms with Gasteiger partial charge in [-0.05, 0) is 25.1 Å². The van der Waals surface area contributed by atoms with E-state index in [1.165, 1.54) is 34.8 Å². The Bertz CT molecular complexity index is 873. The van der Waals surface area contributed by atoms with Crippen molar-refractivity contribution in [2.75, 3.05) is 5.32 Å². The second kappa shape index (κ2) is 5.60. The van der Waals surface area contributed by atoms with Crippen molar-refractivity contribution in [3.05, 3.63) is 46.3 Å². The van der Waals surface area contributed by atoms with E-state index in [0.717, 1.165) is 15.9 Å². The molecule has 0 amide bonds. The minimum absolute atomic E-state index is 0.288. The molecule has 1 aromatic carbocycles.